The third-order valence-corrected chi connectivity index (χ3v) is 1.67. The van der Waals surface area contributed by atoms with E-state index in [9.17, 15) is 23.3 Å². The molecule has 0 amide bonds. The van der Waals surface area contributed by atoms with Crippen LogP contribution in [0, 0.1) is 15.9 Å². The first-order valence-electron chi connectivity index (χ1n) is 3.79. The van der Waals surface area contributed by atoms with Gasteiger partial charge in [-0.25, -0.2) is 8.78 Å². The summed E-state index contributed by atoms with van der Waals surface area (Å²) in [6.07, 6.45) is -3.03. The molecular weight excluding hydrogens is 215 g/mol. The summed E-state index contributed by atoms with van der Waals surface area (Å²) >= 11 is 0. The summed E-state index contributed by atoms with van der Waals surface area (Å²) in [4.78, 5) is 12.0. The van der Waals surface area contributed by atoms with Crippen molar-refractivity contribution in [2.75, 3.05) is 0 Å². The van der Waals surface area contributed by atoms with Crippen molar-refractivity contribution in [3.63, 3.8) is 0 Å². The largest absolute Gasteiger partial charge is 0.400 e. The minimum Gasteiger partial charge on any atom is -0.358 e. The van der Waals surface area contributed by atoms with Gasteiger partial charge in [-0.1, -0.05) is 0 Å². The first-order valence-corrected chi connectivity index (χ1v) is 3.79. The molecule has 2 N–H and O–H groups in total. The van der Waals surface area contributed by atoms with Gasteiger partial charge in [0.05, 0.1) is 0 Å². The Morgan fingerprint density at radius 1 is 1.60 bits per heavy atom. The summed E-state index contributed by atoms with van der Waals surface area (Å²) < 4.78 is 37.6. The monoisotopic (exact) mass is 221 g/mol. The van der Waals surface area contributed by atoms with Gasteiger partial charge in [0, 0.05) is 12.1 Å². The van der Waals surface area contributed by atoms with Crippen molar-refractivity contribution in [2.24, 2.45) is 5.73 Å². The number of hydrogen-bond acceptors (Lipinski definition) is 4. The van der Waals surface area contributed by atoms with Crippen LogP contribution in [0.25, 0.3) is 0 Å². The van der Waals surface area contributed by atoms with Gasteiger partial charge in [0.15, 0.2) is 0 Å². The van der Waals surface area contributed by atoms with Crippen LogP contribution in [0.15, 0.2) is 6.07 Å². The molecule has 0 unspecified atom stereocenters. The van der Waals surface area contributed by atoms with Gasteiger partial charge in [0.1, 0.15) is 0 Å². The maximum atomic E-state index is 12.9. The lowest BCUT2D eigenvalue weighted by molar-refractivity contribution is -0.392. The maximum Gasteiger partial charge on any atom is 0.400 e. The molecule has 15 heavy (non-hydrogen) atoms. The molecule has 0 aromatic carbocycles. The number of alkyl halides is 2. The SMILES string of the molecule is NCc1cc(F)c([N+](=O)[O-])nc1C(F)F. The third kappa shape index (κ3) is 2.21. The molecule has 0 spiro atoms. The molecule has 1 aromatic heterocycles. The lowest BCUT2D eigenvalue weighted by Gasteiger charge is -2.02. The van der Waals surface area contributed by atoms with E-state index in [1.807, 2.05) is 0 Å². The lowest BCUT2D eigenvalue weighted by Crippen LogP contribution is -2.08. The Morgan fingerprint density at radius 2 is 2.20 bits per heavy atom. The van der Waals surface area contributed by atoms with Crippen LogP contribution in [-0.2, 0) is 6.54 Å². The van der Waals surface area contributed by atoms with E-state index in [1.54, 1.807) is 0 Å². The van der Waals surface area contributed by atoms with Crippen molar-refractivity contribution in [1.82, 2.24) is 4.98 Å². The van der Waals surface area contributed by atoms with Crippen LogP contribution in [0.2, 0.25) is 0 Å². The molecule has 1 aromatic rings. The molecule has 0 fully saturated rings. The number of nitrogens with zero attached hydrogens (tertiary/aromatic N) is 2. The fourth-order valence-corrected chi connectivity index (χ4v) is 1.01. The summed E-state index contributed by atoms with van der Waals surface area (Å²) in [5, 5.41) is 10.2. The van der Waals surface area contributed by atoms with E-state index in [0.29, 0.717) is 6.07 Å². The quantitative estimate of drug-likeness (QED) is 0.619. The van der Waals surface area contributed by atoms with Crippen LogP contribution in [0.3, 0.4) is 0 Å². The Balaban J connectivity index is 3.37. The Morgan fingerprint density at radius 3 is 2.60 bits per heavy atom. The summed E-state index contributed by atoms with van der Waals surface area (Å²) in [7, 11) is 0. The Hall–Kier alpha value is -1.70. The van der Waals surface area contributed by atoms with Crippen molar-refractivity contribution in [2.45, 2.75) is 13.0 Å². The Kier molecular flexibility index (Phi) is 3.20. The van der Waals surface area contributed by atoms with Crippen molar-refractivity contribution >= 4 is 5.82 Å². The van der Waals surface area contributed by atoms with Crippen molar-refractivity contribution < 1.29 is 18.1 Å². The predicted molar refractivity (Wildman–Crippen MR) is 43.7 cm³/mol. The van der Waals surface area contributed by atoms with Crippen LogP contribution in [-0.4, -0.2) is 9.91 Å². The van der Waals surface area contributed by atoms with E-state index in [-0.39, 0.29) is 12.1 Å². The van der Waals surface area contributed by atoms with Crippen molar-refractivity contribution in [3.05, 3.63) is 33.3 Å². The summed E-state index contributed by atoms with van der Waals surface area (Å²) in [6, 6.07) is 0.604. The molecule has 8 heteroatoms. The lowest BCUT2D eigenvalue weighted by atomic mass is 10.2. The standard InChI is InChI=1S/C7H6F3N3O2/c8-4-1-3(2-11)5(6(9)10)12-7(4)13(14)15/h1,6H,2,11H2. The van der Waals surface area contributed by atoms with E-state index in [1.165, 1.54) is 0 Å². The van der Waals surface area contributed by atoms with Crippen LogP contribution in [0.5, 0.6) is 0 Å². The number of nitrogens with two attached hydrogens (primary N) is 1. The highest BCUT2D eigenvalue weighted by atomic mass is 19.3. The minimum absolute atomic E-state index is 0.242. The zero-order valence-electron chi connectivity index (χ0n) is 7.28. The van der Waals surface area contributed by atoms with E-state index in [4.69, 9.17) is 5.73 Å². The van der Waals surface area contributed by atoms with Gasteiger partial charge in [-0.3, -0.25) is 0 Å². The summed E-state index contributed by atoms with van der Waals surface area (Å²) in [5.41, 5.74) is 3.98. The molecule has 0 saturated carbocycles. The number of nitro groups is 1. The van der Waals surface area contributed by atoms with Crippen LogP contribution < -0.4 is 5.73 Å². The first-order chi connectivity index (χ1) is 6.97. The highest BCUT2D eigenvalue weighted by molar-refractivity contribution is 5.31. The van der Waals surface area contributed by atoms with Crippen LogP contribution in [0.1, 0.15) is 17.7 Å². The number of hydrogen-bond donors (Lipinski definition) is 1. The number of pyridine rings is 1. The highest BCUT2D eigenvalue weighted by Gasteiger charge is 2.26. The minimum atomic E-state index is -3.03. The highest BCUT2D eigenvalue weighted by Crippen LogP contribution is 2.25. The van der Waals surface area contributed by atoms with Gasteiger partial charge in [0.2, 0.25) is 11.5 Å². The van der Waals surface area contributed by atoms with Crippen LogP contribution >= 0.6 is 0 Å². The molecule has 5 nitrogen and oxygen atoms in total. The fourth-order valence-electron chi connectivity index (χ4n) is 1.01. The molecular formula is C7H6F3N3O2. The zero-order chi connectivity index (χ0) is 11.6. The second-order valence-electron chi connectivity index (χ2n) is 2.60. The predicted octanol–water partition coefficient (Wildman–Crippen LogP) is 1.53. The van der Waals surface area contributed by atoms with Crippen molar-refractivity contribution in [1.29, 1.82) is 0 Å². The second kappa shape index (κ2) is 4.22. The molecule has 0 atom stereocenters. The van der Waals surface area contributed by atoms with Gasteiger partial charge < -0.3 is 15.8 Å². The number of aromatic nitrogens is 1. The number of rotatable bonds is 3. The maximum absolute atomic E-state index is 12.9. The van der Waals surface area contributed by atoms with Gasteiger partial charge in [0.25, 0.3) is 0 Å². The molecule has 0 saturated heterocycles. The second-order valence-corrected chi connectivity index (χ2v) is 2.60. The molecule has 1 rings (SSSR count). The molecule has 0 bridgehead atoms. The molecule has 1 heterocycles. The molecule has 0 radical (unpaired) electrons. The van der Waals surface area contributed by atoms with E-state index >= 15 is 0 Å². The molecule has 82 valence electrons. The fraction of sp³-hybridized carbons (Fsp3) is 0.286. The smallest absolute Gasteiger partial charge is 0.358 e. The summed E-state index contributed by atoms with van der Waals surface area (Å²) in [5.74, 6) is -2.49. The van der Waals surface area contributed by atoms with Gasteiger partial charge >= 0.3 is 12.2 Å². The zero-order valence-corrected chi connectivity index (χ0v) is 7.28. The van der Waals surface area contributed by atoms with Gasteiger partial charge in [-0.15, -0.1) is 0 Å². The van der Waals surface area contributed by atoms with Crippen LogP contribution in [0.4, 0.5) is 19.0 Å². The van der Waals surface area contributed by atoms with E-state index in [0.717, 1.165) is 0 Å². The van der Waals surface area contributed by atoms with Gasteiger partial charge in [-0.05, 0) is 16.0 Å². The van der Waals surface area contributed by atoms with Crippen molar-refractivity contribution in [3.8, 4) is 0 Å². The molecule has 0 aliphatic rings. The van der Waals surface area contributed by atoms with Gasteiger partial charge in [-0.2, -0.15) is 4.39 Å². The topological polar surface area (TPSA) is 82.0 Å². The first kappa shape index (κ1) is 11.4. The average molecular weight is 221 g/mol. The third-order valence-electron chi connectivity index (χ3n) is 1.67. The Bertz CT molecular complexity index is 397. The number of halogens is 3. The normalized spacial score (nSPS) is 10.7. The summed E-state index contributed by atoms with van der Waals surface area (Å²) in [6.45, 7) is -0.360. The van der Waals surface area contributed by atoms with E-state index in [2.05, 4.69) is 4.98 Å². The average Bonchev–Trinajstić information content (AvgIpc) is 2.16. The molecule has 0 aliphatic carbocycles. The van der Waals surface area contributed by atoms with E-state index < -0.39 is 28.7 Å². The molecule has 0 aliphatic heterocycles. The Labute approximate surface area is 81.9 Å².